The van der Waals surface area contributed by atoms with Gasteiger partial charge in [0.2, 0.25) is 0 Å². The minimum absolute atomic E-state index is 0.420. The molecular weight excluding hydrogens is 312 g/mol. The maximum Gasteiger partial charge on any atom is 0.0294 e. The van der Waals surface area contributed by atoms with Gasteiger partial charge in [-0.25, -0.2) is 0 Å². The van der Waals surface area contributed by atoms with Crippen LogP contribution < -0.4 is 5.32 Å². The first-order valence-electron chi connectivity index (χ1n) is 7.82. The molecule has 1 fully saturated rings. The van der Waals surface area contributed by atoms with Crippen molar-refractivity contribution in [1.82, 2.24) is 10.2 Å². The van der Waals surface area contributed by atoms with Crippen molar-refractivity contribution in [3.8, 4) is 0 Å². The van der Waals surface area contributed by atoms with Crippen molar-refractivity contribution in [2.75, 3.05) is 13.1 Å². The molecule has 1 heterocycles. The summed E-state index contributed by atoms with van der Waals surface area (Å²) in [4.78, 5) is 2.60. The molecule has 2 nitrogen and oxygen atoms in total. The van der Waals surface area contributed by atoms with Gasteiger partial charge in [-0.15, -0.1) is 0 Å². The molecule has 0 aliphatic carbocycles. The molecule has 0 bridgehead atoms. The average Bonchev–Trinajstić information content (AvgIpc) is 2.64. The van der Waals surface area contributed by atoms with Crippen LogP contribution in [-0.2, 0) is 0 Å². The molecule has 1 N–H and O–H groups in total. The van der Waals surface area contributed by atoms with Gasteiger partial charge in [-0.05, 0) is 70.8 Å². The second kappa shape index (κ2) is 7.58. The number of hydrogen-bond acceptors (Lipinski definition) is 2. The van der Waals surface area contributed by atoms with E-state index < -0.39 is 0 Å². The molecule has 20 heavy (non-hydrogen) atoms. The second-order valence-electron chi connectivity index (χ2n) is 6.20. The van der Waals surface area contributed by atoms with Gasteiger partial charge < -0.3 is 10.2 Å². The zero-order chi connectivity index (χ0) is 14.5. The predicted octanol–water partition coefficient (Wildman–Crippen LogP) is 4.36. The van der Waals surface area contributed by atoms with Crippen LogP contribution >= 0.6 is 15.9 Å². The molecule has 1 saturated heterocycles. The maximum atomic E-state index is 3.81. The van der Waals surface area contributed by atoms with Crippen molar-refractivity contribution in [3.05, 3.63) is 34.3 Å². The number of halogens is 1. The summed E-state index contributed by atoms with van der Waals surface area (Å²) in [6.45, 7) is 9.35. The molecule has 1 aromatic carbocycles. The highest BCUT2D eigenvalue weighted by Crippen LogP contribution is 2.21. The lowest BCUT2D eigenvalue weighted by Gasteiger charge is -2.25. The molecule has 0 amide bonds. The Morgan fingerprint density at radius 2 is 2.00 bits per heavy atom. The Kier molecular flexibility index (Phi) is 6.06. The standard InChI is InChI=1S/C17H27BrN2/c1-13(2)20-10-5-8-17(9-11-20)19-14(3)15-6-4-7-16(18)12-15/h4,6-7,12-14,17,19H,5,8-11H2,1-3H3/t14-,17?/m0/s1. The van der Waals surface area contributed by atoms with Gasteiger partial charge in [0.1, 0.15) is 0 Å². The summed E-state index contributed by atoms with van der Waals surface area (Å²) in [6.07, 6.45) is 3.86. The number of nitrogens with one attached hydrogen (secondary N) is 1. The van der Waals surface area contributed by atoms with Crippen molar-refractivity contribution in [2.45, 2.75) is 58.2 Å². The molecule has 0 spiro atoms. The number of nitrogens with zero attached hydrogens (tertiary/aromatic N) is 1. The van der Waals surface area contributed by atoms with Gasteiger partial charge >= 0.3 is 0 Å². The van der Waals surface area contributed by atoms with Crippen LogP contribution in [-0.4, -0.2) is 30.1 Å². The van der Waals surface area contributed by atoms with Crippen molar-refractivity contribution in [2.24, 2.45) is 0 Å². The van der Waals surface area contributed by atoms with Crippen molar-refractivity contribution >= 4 is 15.9 Å². The summed E-state index contributed by atoms with van der Waals surface area (Å²) >= 11 is 3.56. The third-order valence-electron chi connectivity index (χ3n) is 4.33. The predicted molar refractivity (Wildman–Crippen MR) is 90.0 cm³/mol. The lowest BCUT2D eigenvalue weighted by molar-refractivity contribution is 0.228. The van der Waals surface area contributed by atoms with E-state index in [1.54, 1.807) is 0 Å². The third kappa shape index (κ3) is 4.57. The molecule has 2 rings (SSSR count). The van der Waals surface area contributed by atoms with Crippen LogP contribution in [0.3, 0.4) is 0 Å². The van der Waals surface area contributed by atoms with Gasteiger partial charge in [-0.2, -0.15) is 0 Å². The highest BCUT2D eigenvalue weighted by Gasteiger charge is 2.20. The zero-order valence-corrected chi connectivity index (χ0v) is 14.5. The summed E-state index contributed by atoms with van der Waals surface area (Å²) in [6, 6.07) is 10.4. The van der Waals surface area contributed by atoms with Gasteiger partial charge in [0.15, 0.2) is 0 Å². The van der Waals surface area contributed by atoms with Crippen LogP contribution in [0.1, 0.15) is 51.6 Å². The summed E-state index contributed by atoms with van der Waals surface area (Å²) < 4.78 is 1.16. The number of benzene rings is 1. The zero-order valence-electron chi connectivity index (χ0n) is 12.9. The average molecular weight is 339 g/mol. The van der Waals surface area contributed by atoms with Crippen LogP contribution in [0, 0.1) is 0 Å². The fourth-order valence-electron chi connectivity index (χ4n) is 3.03. The smallest absolute Gasteiger partial charge is 0.0294 e. The van der Waals surface area contributed by atoms with E-state index in [2.05, 4.69) is 71.2 Å². The van der Waals surface area contributed by atoms with E-state index in [1.807, 2.05) is 0 Å². The number of likely N-dealkylation sites (tertiary alicyclic amines) is 1. The Balaban J connectivity index is 1.90. The van der Waals surface area contributed by atoms with Crippen LogP contribution in [0.4, 0.5) is 0 Å². The van der Waals surface area contributed by atoms with E-state index in [0.29, 0.717) is 18.1 Å². The van der Waals surface area contributed by atoms with Gasteiger partial charge in [-0.3, -0.25) is 0 Å². The monoisotopic (exact) mass is 338 g/mol. The molecular formula is C17H27BrN2. The van der Waals surface area contributed by atoms with Gasteiger partial charge in [0.05, 0.1) is 0 Å². The molecule has 0 saturated carbocycles. The summed E-state index contributed by atoms with van der Waals surface area (Å²) in [5.74, 6) is 0. The van der Waals surface area contributed by atoms with Gasteiger partial charge in [-0.1, -0.05) is 28.1 Å². The minimum Gasteiger partial charge on any atom is -0.307 e. The number of rotatable bonds is 4. The summed E-state index contributed by atoms with van der Waals surface area (Å²) in [5, 5.41) is 3.81. The second-order valence-corrected chi connectivity index (χ2v) is 7.12. The molecule has 2 atom stereocenters. The number of hydrogen-bond donors (Lipinski definition) is 1. The lowest BCUT2D eigenvalue weighted by atomic mass is 10.0. The summed E-state index contributed by atoms with van der Waals surface area (Å²) in [5.41, 5.74) is 1.37. The molecule has 1 aromatic rings. The van der Waals surface area contributed by atoms with E-state index >= 15 is 0 Å². The van der Waals surface area contributed by atoms with E-state index in [1.165, 1.54) is 37.9 Å². The SMILES string of the molecule is CC(C)N1CCCC(N[C@@H](C)c2cccc(Br)c2)CC1. The summed E-state index contributed by atoms with van der Waals surface area (Å²) in [7, 11) is 0. The van der Waals surface area contributed by atoms with Crippen molar-refractivity contribution < 1.29 is 0 Å². The van der Waals surface area contributed by atoms with Crippen molar-refractivity contribution in [1.29, 1.82) is 0 Å². The molecule has 3 heteroatoms. The quantitative estimate of drug-likeness (QED) is 0.877. The minimum atomic E-state index is 0.420. The Labute approximate surface area is 132 Å². The topological polar surface area (TPSA) is 15.3 Å². The first-order valence-corrected chi connectivity index (χ1v) is 8.61. The Hall–Kier alpha value is -0.380. The molecule has 0 radical (unpaired) electrons. The van der Waals surface area contributed by atoms with Crippen LogP contribution in [0.5, 0.6) is 0 Å². The van der Waals surface area contributed by atoms with Gasteiger partial charge in [0, 0.05) is 22.6 Å². The lowest BCUT2D eigenvalue weighted by Crippen LogP contribution is -2.34. The Morgan fingerprint density at radius 1 is 1.20 bits per heavy atom. The first kappa shape index (κ1) is 16.0. The molecule has 1 aliphatic heterocycles. The molecule has 0 aromatic heterocycles. The van der Waals surface area contributed by atoms with Crippen LogP contribution in [0.2, 0.25) is 0 Å². The van der Waals surface area contributed by atoms with Crippen LogP contribution in [0.25, 0.3) is 0 Å². The molecule has 1 aliphatic rings. The highest BCUT2D eigenvalue weighted by molar-refractivity contribution is 9.10. The normalized spacial score (nSPS) is 22.8. The molecule has 1 unspecified atom stereocenters. The van der Waals surface area contributed by atoms with Crippen LogP contribution in [0.15, 0.2) is 28.7 Å². The molecule has 112 valence electrons. The van der Waals surface area contributed by atoms with Gasteiger partial charge in [0.25, 0.3) is 0 Å². The largest absolute Gasteiger partial charge is 0.307 e. The maximum absolute atomic E-state index is 3.81. The van der Waals surface area contributed by atoms with E-state index in [0.717, 1.165) is 4.47 Å². The first-order chi connectivity index (χ1) is 9.56. The van der Waals surface area contributed by atoms with Crippen molar-refractivity contribution in [3.63, 3.8) is 0 Å². The van der Waals surface area contributed by atoms with E-state index in [4.69, 9.17) is 0 Å². The Morgan fingerprint density at radius 3 is 2.70 bits per heavy atom. The Bertz CT molecular complexity index is 419. The highest BCUT2D eigenvalue weighted by atomic mass is 79.9. The third-order valence-corrected chi connectivity index (χ3v) is 4.82. The fraction of sp³-hybridized carbons (Fsp3) is 0.647. The fourth-order valence-corrected chi connectivity index (χ4v) is 3.44. The van der Waals surface area contributed by atoms with E-state index in [-0.39, 0.29) is 0 Å². The van der Waals surface area contributed by atoms with E-state index in [9.17, 15) is 0 Å².